The molecule has 0 saturated heterocycles. The second kappa shape index (κ2) is 3.90. The minimum atomic E-state index is 0.325. The Morgan fingerprint density at radius 1 is 1.17 bits per heavy atom. The predicted molar refractivity (Wildman–Crippen MR) is 67.5 cm³/mol. The fraction of sp³-hybridized carbons (Fsp3) is 0.333. The average Bonchev–Trinajstić information content (AvgIpc) is 2.92. The van der Waals surface area contributed by atoms with Crippen molar-refractivity contribution in [3.8, 4) is 5.95 Å². The lowest BCUT2D eigenvalue weighted by Crippen LogP contribution is -2.01. The van der Waals surface area contributed by atoms with Crippen molar-refractivity contribution in [1.29, 1.82) is 0 Å². The second-order valence-electron chi connectivity index (χ2n) is 4.54. The molecule has 3 rings (SSSR count). The van der Waals surface area contributed by atoms with Gasteiger partial charge in [0, 0.05) is 13.0 Å². The molecular weight excluding hydrogens is 228 g/mol. The lowest BCUT2D eigenvalue weighted by molar-refractivity contribution is 0.651. The zero-order valence-electron chi connectivity index (χ0n) is 10.6. The van der Waals surface area contributed by atoms with Gasteiger partial charge < -0.3 is 0 Å². The molecule has 0 aliphatic carbocycles. The Bertz CT molecular complexity index is 693. The van der Waals surface area contributed by atoms with Gasteiger partial charge in [-0.05, 0) is 12.1 Å². The standard InChI is InChI=1S/C12H14N6/c1-8(2)11-13-12(15-17(11)3)18-10-7-5-4-6-9(10)14-16-18/h4-8H,1-3H3. The highest BCUT2D eigenvalue weighted by Gasteiger charge is 2.14. The maximum atomic E-state index is 4.51. The Morgan fingerprint density at radius 3 is 2.67 bits per heavy atom. The zero-order valence-corrected chi connectivity index (χ0v) is 10.6. The summed E-state index contributed by atoms with van der Waals surface area (Å²) in [5.41, 5.74) is 1.76. The molecule has 1 aromatic carbocycles. The van der Waals surface area contributed by atoms with Crippen LogP contribution < -0.4 is 0 Å². The van der Waals surface area contributed by atoms with Gasteiger partial charge in [-0.15, -0.1) is 10.2 Å². The van der Waals surface area contributed by atoms with Crippen molar-refractivity contribution in [2.45, 2.75) is 19.8 Å². The number of fused-ring (bicyclic) bond motifs is 1. The van der Waals surface area contributed by atoms with E-state index in [9.17, 15) is 0 Å². The number of aryl methyl sites for hydroxylation is 1. The monoisotopic (exact) mass is 242 g/mol. The second-order valence-corrected chi connectivity index (χ2v) is 4.54. The number of para-hydroxylation sites is 1. The van der Waals surface area contributed by atoms with E-state index in [-0.39, 0.29) is 0 Å². The number of nitrogens with zero attached hydrogens (tertiary/aromatic N) is 6. The van der Waals surface area contributed by atoms with Crippen LogP contribution in [0.1, 0.15) is 25.6 Å². The summed E-state index contributed by atoms with van der Waals surface area (Å²) >= 11 is 0. The van der Waals surface area contributed by atoms with Gasteiger partial charge in [-0.2, -0.15) is 9.67 Å². The van der Waals surface area contributed by atoms with E-state index in [4.69, 9.17) is 0 Å². The van der Waals surface area contributed by atoms with Crippen molar-refractivity contribution in [1.82, 2.24) is 29.8 Å². The first kappa shape index (κ1) is 10.9. The normalized spacial score (nSPS) is 11.6. The summed E-state index contributed by atoms with van der Waals surface area (Å²) in [6.07, 6.45) is 0. The van der Waals surface area contributed by atoms with Crippen LogP contribution in [0.3, 0.4) is 0 Å². The lowest BCUT2D eigenvalue weighted by atomic mass is 10.2. The largest absolute Gasteiger partial charge is 0.271 e. The quantitative estimate of drug-likeness (QED) is 0.685. The van der Waals surface area contributed by atoms with Crippen LogP contribution in [-0.4, -0.2) is 29.8 Å². The van der Waals surface area contributed by atoms with E-state index in [0.717, 1.165) is 16.9 Å². The molecule has 0 N–H and O–H groups in total. The highest BCUT2D eigenvalue weighted by molar-refractivity contribution is 5.75. The van der Waals surface area contributed by atoms with E-state index in [1.54, 1.807) is 9.36 Å². The van der Waals surface area contributed by atoms with Gasteiger partial charge in [0.15, 0.2) is 0 Å². The Morgan fingerprint density at radius 2 is 1.94 bits per heavy atom. The van der Waals surface area contributed by atoms with Crippen LogP contribution >= 0.6 is 0 Å². The predicted octanol–water partition coefficient (Wildman–Crippen LogP) is 1.67. The maximum Gasteiger partial charge on any atom is 0.271 e. The van der Waals surface area contributed by atoms with Crippen LogP contribution in [0.15, 0.2) is 24.3 Å². The molecule has 0 saturated carbocycles. The van der Waals surface area contributed by atoms with Gasteiger partial charge >= 0.3 is 0 Å². The van der Waals surface area contributed by atoms with E-state index in [1.165, 1.54) is 0 Å². The van der Waals surface area contributed by atoms with Gasteiger partial charge in [0.05, 0.1) is 5.52 Å². The Balaban J connectivity index is 2.17. The topological polar surface area (TPSA) is 61.4 Å². The molecule has 6 heteroatoms. The minimum absolute atomic E-state index is 0.325. The third kappa shape index (κ3) is 1.57. The molecule has 92 valence electrons. The first-order chi connectivity index (χ1) is 8.66. The van der Waals surface area contributed by atoms with E-state index in [2.05, 4.69) is 34.2 Å². The molecule has 6 nitrogen and oxygen atoms in total. The molecule has 0 aliphatic rings. The van der Waals surface area contributed by atoms with Crippen molar-refractivity contribution >= 4 is 11.0 Å². The van der Waals surface area contributed by atoms with Crippen LogP contribution in [0.25, 0.3) is 17.0 Å². The molecule has 0 unspecified atom stereocenters. The highest BCUT2D eigenvalue weighted by atomic mass is 15.5. The summed E-state index contributed by atoms with van der Waals surface area (Å²) in [6.45, 7) is 4.18. The van der Waals surface area contributed by atoms with Crippen LogP contribution in [-0.2, 0) is 7.05 Å². The first-order valence-electron chi connectivity index (χ1n) is 5.88. The number of benzene rings is 1. The summed E-state index contributed by atoms with van der Waals surface area (Å²) in [5.74, 6) is 1.82. The SMILES string of the molecule is CC(C)c1nc(-n2nnc3ccccc32)nn1C. The molecule has 2 aromatic heterocycles. The summed E-state index contributed by atoms with van der Waals surface area (Å²) in [6, 6.07) is 7.77. The fourth-order valence-electron chi connectivity index (χ4n) is 1.99. The van der Waals surface area contributed by atoms with Crippen molar-refractivity contribution in [2.24, 2.45) is 7.05 Å². The Labute approximate surface area is 104 Å². The van der Waals surface area contributed by atoms with Gasteiger partial charge in [-0.1, -0.05) is 31.2 Å². The van der Waals surface area contributed by atoms with Crippen molar-refractivity contribution in [3.05, 3.63) is 30.1 Å². The van der Waals surface area contributed by atoms with Crippen LogP contribution in [0.4, 0.5) is 0 Å². The van der Waals surface area contributed by atoms with E-state index in [1.807, 2.05) is 31.3 Å². The molecule has 2 heterocycles. The third-order valence-electron chi connectivity index (χ3n) is 2.84. The van der Waals surface area contributed by atoms with Crippen molar-refractivity contribution in [2.75, 3.05) is 0 Å². The van der Waals surface area contributed by atoms with Crippen LogP contribution in [0.2, 0.25) is 0 Å². The molecule has 0 fully saturated rings. The molecular formula is C12H14N6. The average molecular weight is 242 g/mol. The van der Waals surface area contributed by atoms with E-state index < -0.39 is 0 Å². The molecule has 0 aliphatic heterocycles. The molecule has 0 bridgehead atoms. The molecule has 18 heavy (non-hydrogen) atoms. The van der Waals surface area contributed by atoms with Crippen molar-refractivity contribution in [3.63, 3.8) is 0 Å². The number of aromatic nitrogens is 6. The lowest BCUT2D eigenvalue weighted by Gasteiger charge is -2.00. The van der Waals surface area contributed by atoms with Gasteiger partial charge in [-0.3, -0.25) is 4.68 Å². The summed E-state index contributed by atoms with van der Waals surface area (Å²) in [4.78, 5) is 4.51. The fourth-order valence-corrected chi connectivity index (χ4v) is 1.99. The Kier molecular flexibility index (Phi) is 2.36. The van der Waals surface area contributed by atoms with E-state index >= 15 is 0 Å². The summed E-state index contributed by atoms with van der Waals surface area (Å²) in [5, 5.41) is 12.6. The van der Waals surface area contributed by atoms with Crippen LogP contribution in [0.5, 0.6) is 0 Å². The zero-order chi connectivity index (χ0) is 12.7. The number of hydrogen-bond donors (Lipinski definition) is 0. The van der Waals surface area contributed by atoms with Gasteiger partial charge in [-0.25, -0.2) is 0 Å². The van der Waals surface area contributed by atoms with Crippen molar-refractivity contribution < 1.29 is 0 Å². The molecule has 0 spiro atoms. The summed E-state index contributed by atoms with van der Waals surface area (Å²) < 4.78 is 3.46. The van der Waals surface area contributed by atoms with Gasteiger partial charge in [0.1, 0.15) is 11.3 Å². The molecule has 0 amide bonds. The molecule has 0 atom stereocenters. The molecule has 0 radical (unpaired) electrons. The highest BCUT2D eigenvalue weighted by Crippen LogP contribution is 2.16. The maximum absolute atomic E-state index is 4.51. The van der Waals surface area contributed by atoms with Gasteiger partial charge in [0.2, 0.25) is 0 Å². The van der Waals surface area contributed by atoms with Gasteiger partial charge in [0.25, 0.3) is 5.95 Å². The number of hydrogen-bond acceptors (Lipinski definition) is 4. The minimum Gasteiger partial charge on any atom is -0.251 e. The first-order valence-corrected chi connectivity index (χ1v) is 5.88. The third-order valence-corrected chi connectivity index (χ3v) is 2.84. The summed E-state index contributed by atoms with van der Waals surface area (Å²) in [7, 11) is 1.89. The Hall–Kier alpha value is -2.24. The smallest absolute Gasteiger partial charge is 0.251 e. The number of rotatable bonds is 2. The van der Waals surface area contributed by atoms with Crippen LogP contribution in [0, 0.1) is 0 Å². The molecule has 3 aromatic rings. The van der Waals surface area contributed by atoms with E-state index in [0.29, 0.717) is 11.9 Å².